The minimum absolute atomic E-state index is 0.0421. The Morgan fingerprint density at radius 3 is 2.28 bits per heavy atom. The topological polar surface area (TPSA) is 52.6 Å². The second kappa shape index (κ2) is 9.77. The van der Waals surface area contributed by atoms with Gasteiger partial charge in [0.05, 0.1) is 12.3 Å². The van der Waals surface area contributed by atoms with Crippen LogP contribution in [0.2, 0.25) is 0 Å². The lowest BCUT2D eigenvalue weighted by Gasteiger charge is -2.31. The van der Waals surface area contributed by atoms with Crippen LogP contribution in [0.15, 0.2) is 18.2 Å². The van der Waals surface area contributed by atoms with E-state index in [4.69, 9.17) is 9.47 Å². The Morgan fingerprint density at radius 2 is 1.72 bits per heavy atom. The Morgan fingerprint density at radius 1 is 1.10 bits per heavy atom. The van der Waals surface area contributed by atoms with E-state index in [0.717, 1.165) is 0 Å². The Labute approximate surface area is 176 Å². The number of carbonyl (C=O) groups is 2. The largest absolute Gasteiger partial charge is 0.462 e. The fourth-order valence-electron chi connectivity index (χ4n) is 4.50. The first kappa shape index (κ1) is 23.4. The summed E-state index contributed by atoms with van der Waals surface area (Å²) in [4.78, 5) is 24.8. The van der Waals surface area contributed by atoms with Crippen molar-refractivity contribution in [1.29, 1.82) is 0 Å². The Balaban J connectivity index is 2.09. The summed E-state index contributed by atoms with van der Waals surface area (Å²) in [5, 5.41) is 0. The van der Waals surface area contributed by atoms with E-state index >= 15 is 0 Å². The maximum atomic E-state index is 12.7. The Hall–Kier alpha value is -1.84. The molecule has 0 unspecified atom stereocenters. The smallest absolute Gasteiger partial charge is 0.309 e. The molecule has 0 spiro atoms. The molecule has 0 N–H and O–H groups in total. The lowest BCUT2D eigenvalue weighted by atomic mass is 9.79. The zero-order valence-electron chi connectivity index (χ0n) is 19.2. The highest BCUT2D eigenvalue weighted by Gasteiger charge is 2.34. The van der Waals surface area contributed by atoms with Gasteiger partial charge in [-0.05, 0) is 71.4 Å². The number of benzene rings is 1. The molecule has 1 aliphatic carbocycles. The lowest BCUT2D eigenvalue weighted by Crippen LogP contribution is -2.31. The monoisotopic (exact) mass is 402 g/mol. The van der Waals surface area contributed by atoms with Crippen molar-refractivity contribution in [2.75, 3.05) is 0 Å². The zero-order chi connectivity index (χ0) is 21.8. The number of aryl methyl sites for hydroxylation is 2. The van der Waals surface area contributed by atoms with Gasteiger partial charge >= 0.3 is 11.9 Å². The van der Waals surface area contributed by atoms with Gasteiger partial charge in [-0.2, -0.15) is 0 Å². The number of ether oxygens (including phenoxy) is 2. The molecule has 1 aromatic rings. The first-order chi connectivity index (χ1) is 13.5. The molecule has 3 atom stereocenters. The quantitative estimate of drug-likeness (QED) is 0.535. The standard InChI is InChI=1S/C25H38O4/c1-16-12-13-21(17(2)14-16)23(20-10-8-9-11-20)19(4)28-24(27)18(3)15-22(26)29-25(5,6)7/h12-14,18-20,23H,8-11,15H2,1-7H3/t18-,19+,23-/m1/s1. The summed E-state index contributed by atoms with van der Waals surface area (Å²) in [6.45, 7) is 13.5. The maximum Gasteiger partial charge on any atom is 0.309 e. The molecule has 4 heteroatoms. The summed E-state index contributed by atoms with van der Waals surface area (Å²) in [5.41, 5.74) is 3.23. The van der Waals surface area contributed by atoms with Crippen molar-refractivity contribution >= 4 is 11.9 Å². The minimum atomic E-state index is -0.551. The molecule has 0 radical (unpaired) electrons. The van der Waals surface area contributed by atoms with Gasteiger partial charge in [-0.15, -0.1) is 0 Å². The van der Waals surface area contributed by atoms with Crippen LogP contribution in [-0.4, -0.2) is 23.6 Å². The van der Waals surface area contributed by atoms with Gasteiger partial charge in [0.25, 0.3) is 0 Å². The van der Waals surface area contributed by atoms with E-state index in [1.807, 2.05) is 27.7 Å². The van der Waals surface area contributed by atoms with Crippen LogP contribution in [0.5, 0.6) is 0 Å². The number of hydrogen-bond acceptors (Lipinski definition) is 4. The molecule has 162 valence electrons. The molecule has 1 saturated carbocycles. The number of hydrogen-bond donors (Lipinski definition) is 0. The van der Waals surface area contributed by atoms with Crippen LogP contribution >= 0.6 is 0 Å². The van der Waals surface area contributed by atoms with Gasteiger partial charge in [-0.3, -0.25) is 9.59 Å². The first-order valence-corrected chi connectivity index (χ1v) is 11.0. The molecule has 29 heavy (non-hydrogen) atoms. The van der Waals surface area contributed by atoms with Crippen LogP contribution in [0.25, 0.3) is 0 Å². The second-order valence-corrected chi connectivity index (χ2v) is 9.76. The third kappa shape index (κ3) is 6.87. The van der Waals surface area contributed by atoms with Crippen LogP contribution in [0.3, 0.4) is 0 Å². The fraction of sp³-hybridized carbons (Fsp3) is 0.680. The van der Waals surface area contributed by atoms with Crippen molar-refractivity contribution < 1.29 is 19.1 Å². The van der Waals surface area contributed by atoms with Crippen molar-refractivity contribution in [2.24, 2.45) is 11.8 Å². The molecule has 0 bridgehead atoms. The molecular formula is C25H38O4. The van der Waals surface area contributed by atoms with Gasteiger partial charge in [-0.1, -0.05) is 43.5 Å². The molecule has 0 amide bonds. The van der Waals surface area contributed by atoms with Gasteiger partial charge < -0.3 is 9.47 Å². The predicted molar refractivity (Wildman–Crippen MR) is 116 cm³/mol. The summed E-state index contributed by atoms with van der Waals surface area (Å²) in [6, 6.07) is 6.54. The predicted octanol–water partition coefficient (Wildman–Crippen LogP) is 5.88. The van der Waals surface area contributed by atoms with Crippen molar-refractivity contribution in [1.82, 2.24) is 0 Å². The normalized spacial score (nSPS) is 18.2. The molecule has 4 nitrogen and oxygen atoms in total. The van der Waals surface area contributed by atoms with E-state index in [2.05, 4.69) is 32.0 Å². The maximum absolute atomic E-state index is 12.7. The van der Waals surface area contributed by atoms with Crippen molar-refractivity contribution in [3.05, 3.63) is 34.9 Å². The summed E-state index contributed by atoms with van der Waals surface area (Å²) in [7, 11) is 0. The highest BCUT2D eigenvalue weighted by atomic mass is 16.6. The number of esters is 2. The highest BCUT2D eigenvalue weighted by molar-refractivity contribution is 5.80. The average molecular weight is 403 g/mol. The van der Waals surface area contributed by atoms with Crippen molar-refractivity contribution in [3.63, 3.8) is 0 Å². The highest BCUT2D eigenvalue weighted by Crippen LogP contribution is 2.41. The van der Waals surface area contributed by atoms with Crippen LogP contribution in [0.1, 0.15) is 89.3 Å². The van der Waals surface area contributed by atoms with Gasteiger partial charge in [0.2, 0.25) is 0 Å². The van der Waals surface area contributed by atoms with E-state index < -0.39 is 11.5 Å². The fourth-order valence-corrected chi connectivity index (χ4v) is 4.50. The van der Waals surface area contributed by atoms with E-state index in [1.54, 1.807) is 6.92 Å². The molecule has 1 aromatic carbocycles. The SMILES string of the molecule is Cc1ccc([C@@H](C2CCCC2)[C@H](C)OC(=O)[C@H](C)CC(=O)OC(C)(C)C)c(C)c1. The second-order valence-electron chi connectivity index (χ2n) is 9.76. The first-order valence-electron chi connectivity index (χ1n) is 11.0. The van der Waals surface area contributed by atoms with Crippen LogP contribution in [-0.2, 0) is 19.1 Å². The van der Waals surface area contributed by atoms with Gasteiger partial charge in [0.1, 0.15) is 11.7 Å². The lowest BCUT2D eigenvalue weighted by molar-refractivity contribution is -0.163. The summed E-state index contributed by atoms with van der Waals surface area (Å²) in [5.74, 6) is -0.487. The molecule has 1 aliphatic rings. The molecule has 0 aromatic heterocycles. The van der Waals surface area contributed by atoms with Crippen LogP contribution in [0.4, 0.5) is 0 Å². The van der Waals surface area contributed by atoms with Gasteiger partial charge in [0.15, 0.2) is 0 Å². The van der Waals surface area contributed by atoms with Gasteiger partial charge in [-0.25, -0.2) is 0 Å². The van der Waals surface area contributed by atoms with Gasteiger partial charge in [0, 0.05) is 5.92 Å². The Kier molecular flexibility index (Phi) is 7.90. The minimum Gasteiger partial charge on any atom is -0.462 e. The molecule has 0 saturated heterocycles. The molecular weight excluding hydrogens is 364 g/mol. The molecule has 0 heterocycles. The number of rotatable bonds is 7. The third-order valence-corrected chi connectivity index (χ3v) is 5.80. The van der Waals surface area contributed by atoms with E-state index in [1.165, 1.54) is 42.4 Å². The average Bonchev–Trinajstić information content (AvgIpc) is 3.09. The molecule has 1 fully saturated rings. The Bertz CT molecular complexity index is 710. The summed E-state index contributed by atoms with van der Waals surface area (Å²) >= 11 is 0. The van der Waals surface area contributed by atoms with E-state index in [9.17, 15) is 9.59 Å². The van der Waals surface area contributed by atoms with Crippen LogP contribution in [0, 0.1) is 25.7 Å². The summed E-state index contributed by atoms with van der Waals surface area (Å²) < 4.78 is 11.3. The van der Waals surface area contributed by atoms with E-state index in [0.29, 0.717) is 5.92 Å². The molecule has 2 rings (SSSR count). The summed E-state index contributed by atoms with van der Waals surface area (Å²) in [6.07, 6.45) is 4.64. The van der Waals surface area contributed by atoms with Crippen molar-refractivity contribution in [3.8, 4) is 0 Å². The molecule has 0 aliphatic heterocycles. The van der Waals surface area contributed by atoms with Crippen LogP contribution < -0.4 is 0 Å². The third-order valence-electron chi connectivity index (χ3n) is 5.80. The number of carbonyl (C=O) groups excluding carboxylic acids is 2. The zero-order valence-corrected chi connectivity index (χ0v) is 19.2. The van der Waals surface area contributed by atoms with E-state index in [-0.39, 0.29) is 30.4 Å². The van der Waals surface area contributed by atoms with Crippen molar-refractivity contribution in [2.45, 2.75) is 98.2 Å².